The van der Waals surface area contributed by atoms with Crippen molar-refractivity contribution in [3.63, 3.8) is 0 Å². The van der Waals surface area contributed by atoms with Crippen LogP contribution in [0.3, 0.4) is 0 Å². The predicted molar refractivity (Wildman–Crippen MR) is 62.0 cm³/mol. The second-order valence-electron chi connectivity index (χ2n) is 4.88. The maximum absolute atomic E-state index is 11.9. The summed E-state index contributed by atoms with van der Waals surface area (Å²) in [6.45, 7) is 3.16. The van der Waals surface area contributed by atoms with Crippen LogP contribution in [0.2, 0.25) is 0 Å². The number of likely N-dealkylation sites (tertiary alicyclic amines) is 1. The highest BCUT2D eigenvalue weighted by atomic mass is 16.3. The quantitative estimate of drug-likeness (QED) is 0.681. The summed E-state index contributed by atoms with van der Waals surface area (Å²) >= 11 is 0. The van der Waals surface area contributed by atoms with E-state index in [-0.39, 0.29) is 6.61 Å². The number of aliphatic hydroxyl groups is 1. The number of carbonyl (C=O) groups is 1. The number of piperidine rings is 2. The molecule has 92 valence electrons. The van der Waals surface area contributed by atoms with E-state index in [4.69, 9.17) is 5.11 Å². The van der Waals surface area contributed by atoms with E-state index in [2.05, 4.69) is 10.2 Å². The Hall–Kier alpha value is -0.610. The van der Waals surface area contributed by atoms with Gasteiger partial charge in [-0.15, -0.1) is 0 Å². The summed E-state index contributed by atoms with van der Waals surface area (Å²) < 4.78 is 0. The van der Waals surface area contributed by atoms with E-state index in [0.717, 1.165) is 45.3 Å². The average molecular weight is 226 g/mol. The van der Waals surface area contributed by atoms with Crippen LogP contribution in [0.4, 0.5) is 0 Å². The number of hydrogen-bond donors (Lipinski definition) is 2. The number of rotatable bonds is 4. The lowest BCUT2D eigenvalue weighted by atomic mass is 9.84. The van der Waals surface area contributed by atoms with Crippen LogP contribution in [0.5, 0.6) is 0 Å². The Morgan fingerprint density at radius 2 is 2.25 bits per heavy atom. The molecule has 0 aromatic rings. The lowest BCUT2D eigenvalue weighted by Crippen LogP contribution is -2.55. The summed E-state index contributed by atoms with van der Waals surface area (Å²) in [6, 6.07) is 0.459. The van der Waals surface area contributed by atoms with E-state index in [1.165, 1.54) is 0 Å². The monoisotopic (exact) mass is 226 g/mol. The molecule has 2 aliphatic rings. The molecule has 2 heterocycles. The SMILES string of the molecule is O=C1CCC2CNCCC2N1CCCCO. The van der Waals surface area contributed by atoms with Crippen molar-refractivity contribution >= 4 is 5.91 Å². The zero-order valence-electron chi connectivity index (χ0n) is 9.82. The lowest BCUT2D eigenvalue weighted by Gasteiger charge is -2.44. The van der Waals surface area contributed by atoms with Crippen LogP contribution in [-0.4, -0.2) is 48.2 Å². The first-order chi connectivity index (χ1) is 7.83. The molecule has 4 heteroatoms. The Balaban J connectivity index is 1.92. The van der Waals surface area contributed by atoms with Crippen LogP contribution >= 0.6 is 0 Å². The van der Waals surface area contributed by atoms with Crippen LogP contribution in [0.15, 0.2) is 0 Å². The second kappa shape index (κ2) is 5.64. The molecule has 16 heavy (non-hydrogen) atoms. The summed E-state index contributed by atoms with van der Waals surface area (Å²) in [7, 11) is 0. The van der Waals surface area contributed by atoms with Crippen molar-refractivity contribution in [2.45, 2.75) is 38.1 Å². The van der Waals surface area contributed by atoms with Gasteiger partial charge in [-0.1, -0.05) is 0 Å². The topological polar surface area (TPSA) is 52.6 Å². The molecule has 0 radical (unpaired) electrons. The fraction of sp³-hybridized carbons (Fsp3) is 0.917. The van der Waals surface area contributed by atoms with E-state index in [9.17, 15) is 4.79 Å². The Labute approximate surface area is 97.0 Å². The molecule has 2 N–H and O–H groups in total. The average Bonchev–Trinajstić information content (AvgIpc) is 2.32. The van der Waals surface area contributed by atoms with Crippen LogP contribution < -0.4 is 5.32 Å². The van der Waals surface area contributed by atoms with Crippen molar-refractivity contribution in [3.8, 4) is 0 Å². The number of aliphatic hydroxyl groups excluding tert-OH is 1. The van der Waals surface area contributed by atoms with Gasteiger partial charge in [-0.2, -0.15) is 0 Å². The number of nitrogens with zero attached hydrogens (tertiary/aromatic N) is 1. The Morgan fingerprint density at radius 3 is 3.06 bits per heavy atom. The minimum atomic E-state index is 0.234. The fourth-order valence-electron chi connectivity index (χ4n) is 2.94. The number of carbonyl (C=O) groups excluding carboxylic acids is 1. The zero-order valence-corrected chi connectivity index (χ0v) is 9.82. The van der Waals surface area contributed by atoms with Gasteiger partial charge in [0.2, 0.25) is 5.91 Å². The first-order valence-corrected chi connectivity index (χ1v) is 6.44. The number of nitrogens with one attached hydrogen (secondary N) is 1. The van der Waals surface area contributed by atoms with Crippen molar-refractivity contribution in [2.24, 2.45) is 5.92 Å². The molecule has 0 bridgehead atoms. The van der Waals surface area contributed by atoms with Crippen LogP contribution in [-0.2, 0) is 4.79 Å². The van der Waals surface area contributed by atoms with E-state index in [1.807, 2.05) is 0 Å². The molecule has 4 nitrogen and oxygen atoms in total. The third kappa shape index (κ3) is 2.55. The van der Waals surface area contributed by atoms with Gasteiger partial charge in [0.05, 0.1) is 0 Å². The van der Waals surface area contributed by atoms with E-state index < -0.39 is 0 Å². The third-order valence-corrected chi connectivity index (χ3v) is 3.82. The number of unbranched alkanes of at least 4 members (excludes halogenated alkanes) is 1. The van der Waals surface area contributed by atoms with E-state index >= 15 is 0 Å². The van der Waals surface area contributed by atoms with Crippen LogP contribution in [0.1, 0.15) is 32.1 Å². The molecule has 0 aromatic heterocycles. The highest BCUT2D eigenvalue weighted by Crippen LogP contribution is 2.28. The lowest BCUT2D eigenvalue weighted by molar-refractivity contribution is -0.139. The molecular weight excluding hydrogens is 204 g/mol. The summed E-state index contributed by atoms with van der Waals surface area (Å²) in [5.41, 5.74) is 0. The molecule has 2 rings (SSSR count). The molecule has 2 saturated heterocycles. The summed E-state index contributed by atoms with van der Waals surface area (Å²) in [6.07, 6.45) is 4.59. The Morgan fingerprint density at radius 1 is 1.38 bits per heavy atom. The Bertz CT molecular complexity index is 245. The smallest absolute Gasteiger partial charge is 0.222 e. The van der Waals surface area contributed by atoms with Gasteiger partial charge in [0.1, 0.15) is 0 Å². The largest absolute Gasteiger partial charge is 0.396 e. The maximum atomic E-state index is 11.9. The highest BCUT2D eigenvalue weighted by molar-refractivity contribution is 5.77. The first kappa shape index (κ1) is 11.9. The van der Waals surface area contributed by atoms with Gasteiger partial charge in [0.15, 0.2) is 0 Å². The second-order valence-corrected chi connectivity index (χ2v) is 4.88. The summed E-state index contributed by atoms with van der Waals surface area (Å²) in [4.78, 5) is 14.0. The molecule has 0 saturated carbocycles. The molecule has 2 unspecified atom stereocenters. The Kier molecular flexibility index (Phi) is 4.18. The molecule has 2 aliphatic heterocycles. The van der Waals surface area contributed by atoms with Gasteiger partial charge in [-0.3, -0.25) is 4.79 Å². The zero-order chi connectivity index (χ0) is 11.4. The van der Waals surface area contributed by atoms with Gasteiger partial charge in [0.25, 0.3) is 0 Å². The predicted octanol–water partition coefficient (Wildman–Crippen LogP) is 0.359. The molecule has 0 aliphatic carbocycles. The van der Waals surface area contributed by atoms with Crippen LogP contribution in [0, 0.1) is 5.92 Å². The van der Waals surface area contributed by atoms with Gasteiger partial charge in [0, 0.05) is 25.6 Å². The van der Waals surface area contributed by atoms with E-state index in [0.29, 0.717) is 24.3 Å². The van der Waals surface area contributed by atoms with Crippen molar-refractivity contribution < 1.29 is 9.90 Å². The number of amides is 1. The van der Waals surface area contributed by atoms with Crippen molar-refractivity contribution in [1.82, 2.24) is 10.2 Å². The molecule has 0 spiro atoms. The normalized spacial score (nSPS) is 30.3. The molecule has 0 aromatic carbocycles. The van der Waals surface area contributed by atoms with Gasteiger partial charge < -0.3 is 15.3 Å². The van der Waals surface area contributed by atoms with Crippen molar-refractivity contribution in [2.75, 3.05) is 26.2 Å². The molecular formula is C12H22N2O2. The van der Waals surface area contributed by atoms with E-state index in [1.54, 1.807) is 0 Å². The summed E-state index contributed by atoms with van der Waals surface area (Å²) in [5, 5.41) is 12.2. The standard InChI is InChI=1S/C12H22N2O2/c15-8-2-1-7-14-11-5-6-13-9-10(11)3-4-12(14)16/h10-11,13,15H,1-9H2. The fourth-order valence-corrected chi connectivity index (χ4v) is 2.94. The minimum Gasteiger partial charge on any atom is -0.396 e. The first-order valence-electron chi connectivity index (χ1n) is 6.44. The number of fused-ring (bicyclic) bond motifs is 1. The van der Waals surface area contributed by atoms with Crippen molar-refractivity contribution in [1.29, 1.82) is 0 Å². The summed E-state index contributed by atoms with van der Waals surface area (Å²) in [5.74, 6) is 0.974. The maximum Gasteiger partial charge on any atom is 0.222 e. The highest BCUT2D eigenvalue weighted by Gasteiger charge is 2.36. The van der Waals surface area contributed by atoms with Crippen LogP contribution in [0.25, 0.3) is 0 Å². The molecule has 1 amide bonds. The van der Waals surface area contributed by atoms with Gasteiger partial charge in [-0.05, 0) is 44.7 Å². The van der Waals surface area contributed by atoms with Crippen molar-refractivity contribution in [3.05, 3.63) is 0 Å². The number of hydrogen-bond acceptors (Lipinski definition) is 3. The van der Waals surface area contributed by atoms with Gasteiger partial charge >= 0.3 is 0 Å². The third-order valence-electron chi connectivity index (χ3n) is 3.82. The molecule has 2 fully saturated rings. The minimum absolute atomic E-state index is 0.234. The van der Waals surface area contributed by atoms with Gasteiger partial charge in [-0.25, -0.2) is 0 Å². The molecule has 2 atom stereocenters.